The molecule has 1 aromatic carbocycles. The van der Waals surface area contributed by atoms with E-state index < -0.39 is 10.0 Å². The van der Waals surface area contributed by atoms with Crippen LogP contribution in [-0.2, 0) is 16.6 Å². The Morgan fingerprint density at radius 1 is 1.30 bits per heavy atom. The van der Waals surface area contributed by atoms with Crippen molar-refractivity contribution in [1.82, 2.24) is 4.98 Å². The molecule has 106 valence electrons. The van der Waals surface area contributed by atoms with E-state index in [1.807, 2.05) is 0 Å². The number of sulfonamides is 1. The maximum absolute atomic E-state index is 12.2. The summed E-state index contributed by atoms with van der Waals surface area (Å²) in [5.41, 5.74) is 6.52. The lowest BCUT2D eigenvalue weighted by molar-refractivity contribution is 0.597. The van der Waals surface area contributed by atoms with E-state index in [2.05, 4.69) is 32.3 Å². The summed E-state index contributed by atoms with van der Waals surface area (Å²) in [6.07, 6.45) is 1.43. The van der Waals surface area contributed by atoms with Crippen molar-refractivity contribution in [1.29, 1.82) is 0 Å². The van der Waals surface area contributed by atoms with Gasteiger partial charge in [-0.2, -0.15) is 8.42 Å². The summed E-state index contributed by atoms with van der Waals surface area (Å²) >= 11 is 8.09. The molecule has 0 bridgehead atoms. The summed E-state index contributed by atoms with van der Waals surface area (Å²) in [7, 11) is -3.76. The van der Waals surface area contributed by atoms with Crippen LogP contribution in [0.3, 0.4) is 0 Å². The highest BCUT2D eigenvalue weighted by Gasteiger charge is 2.17. The monoisotopic (exact) mass is 423 g/mol. The fraction of sp³-hybridized carbons (Fsp3) is 0.0833. The largest absolute Gasteiger partial charge is 0.326 e. The van der Waals surface area contributed by atoms with Gasteiger partial charge in [-0.1, -0.05) is 17.7 Å². The molecule has 0 aliphatic carbocycles. The van der Waals surface area contributed by atoms with Crippen molar-refractivity contribution in [2.45, 2.75) is 11.6 Å². The summed E-state index contributed by atoms with van der Waals surface area (Å²) in [6.45, 7) is 0.309. The molecule has 0 radical (unpaired) electrons. The van der Waals surface area contributed by atoms with E-state index in [1.54, 1.807) is 24.3 Å². The molecular weight excluding hydrogens is 413 g/mol. The predicted molar refractivity (Wildman–Crippen MR) is 87.1 cm³/mol. The molecule has 3 N–H and O–H groups in total. The maximum atomic E-state index is 12.2. The number of nitrogens with two attached hydrogens (primary N) is 1. The highest BCUT2D eigenvalue weighted by Crippen LogP contribution is 2.26. The second-order valence-corrected chi connectivity index (χ2v) is 7.22. The smallest absolute Gasteiger partial charge is 0.279 e. The number of halogens is 2. The zero-order chi connectivity index (χ0) is 14.8. The Balaban J connectivity index is 2.30. The molecular formula is C12H11ClIN3O2S. The van der Waals surface area contributed by atoms with Gasteiger partial charge < -0.3 is 5.73 Å². The van der Waals surface area contributed by atoms with Gasteiger partial charge in [0.1, 0.15) is 0 Å². The molecule has 2 rings (SSSR count). The average Bonchev–Trinajstić information content (AvgIpc) is 2.42. The van der Waals surface area contributed by atoms with Gasteiger partial charge in [0.25, 0.3) is 10.0 Å². The summed E-state index contributed by atoms with van der Waals surface area (Å²) in [6, 6.07) is 8.07. The third kappa shape index (κ3) is 3.60. The quantitative estimate of drug-likeness (QED) is 0.740. The lowest BCUT2D eigenvalue weighted by atomic mass is 10.3. The summed E-state index contributed by atoms with van der Waals surface area (Å²) in [4.78, 5) is 3.89. The van der Waals surface area contributed by atoms with Crippen molar-refractivity contribution < 1.29 is 8.42 Å². The van der Waals surface area contributed by atoms with E-state index >= 15 is 0 Å². The molecule has 0 saturated heterocycles. The second-order valence-electron chi connectivity index (χ2n) is 3.94. The molecule has 0 amide bonds. The number of anilines is 1. The minimum atomic E-state index is -3.76. The Kier molecular flexibility index (Phi) is 4.84. The van der Waals surface area contributed by atoms with E-state index in [1.165, 1.54) is 12.3 Å². The number of pyridine rings is 1. The molecule has 2 aromatic rings. The van der Waals surface area contributed by atoms with Crippen molar-refractivity contribution in [3.8, 4) is 0 Å². The lowest BCUT2D eigenvalue weighted by Crippen LogP contribution is -2.15. The first kappa shape index (κ1) is 15.5. The molecule has 5 nitrogen and oxygen atoms in total. The lowest BCUT2D eigenvalue weighted by Gasteiger charge is -2.09. The molecule has 1 aromatic heterocycles. The number of nitrogens with one attached hydrogen (secondary N) is 1. The minimum absolute atomic E-state index is 0.0793. The summed E-state index contributed by atoms with van der Waals surface area (Å²) in [5, 5.41) is 0.253. The fourth-order valence-corrected chi connectivity index (χ4v) is 3.43. The summed E-state index contributed by atoms with van der Waals surface area (Å²) < 4.78 is 27.7. The van der Waals surface area contributed by atoms with Crippen LogP contribution in [-0.4, -0.2) is 13.4 Å². The maximum Gasteiger partial charge on any atom is 0.279 e. The average molecular weight is 424 g/mol. The Hall–Kier alpha value is -0.900. The standard InChI is InChI=1S/C12H11ClIN3O2S/c13-10-5-9(14)2-3-11(10)17-20(18,19)12-4-1-8(6-15)7-16-12/h1-5,7,17H,6,15H2. The van der Waals surface area contributed by atoms with E-state index in [0.29, 0.717) is 17.3 Å². The Morgan fingerprint density at radius 3 is 2.60 bits per heavy atom. The van der Waals surface area contributed by atoms with Gasteiger partial charge in [-0.15, -0.1) is 0 Å². The highest BCUT2D eigenvalue weighted by atomic mass is 127. The first-order valence-electron chi connectivity index (χ1n) is 5.55. The number of benzene rings is 1. The Labute approximate surface area is 135 Å². The third-order valence-electron chi connectivity index (χ3n) is 2.48. The Morgan fingerprint density at radius 2 is 2.05 bits per heavy atom. The van der Waals surface area contributed by atoms with Crippen molar-refractivity contribution in [3.05, 3.63) is 50.7 Å². The van der Waals surface area contributed by atoms with Crippen molar-refractivity contribution in [3.63, 3.8) is 0 Å². The van der Waals surface area contributed by atoms with Crippen molar-refractivity contribution >= 4 is 49.9 Å². The zero-order valence-corrected chi connectivity index (χ0v) is 13.9. The predicted octanol–water partition coefficient (Wildman–Crippen LogP) is 2.60. The Bertz CT molecular complexity index is 720. The van der Waals surface area contributed by atoms with Gasteiger partial charge in [-0.05, 0) is 52.4 Å². The molecule has 0 spiro atoms. The van der Waals surface area contributed by atoms with Gasteiger partial charge in [-0.3, -0.25) is 4.72 Å². The van der Waals surface area contributed by atoms with Gasteiger partial charge >= 0.3 is 0 Å². The van der Waals surface area contributed by atoms with Crippen LogP contribution in [0.4, 0.5) is 5.69 Å². The van der Waals surface area contributed by atoms with Crippen LogP contribution in [0.5, 0.6) is 0 Å². The molecule has 1 heterocycles. The van der Waals surface area contributed by atoms with E-state index in [0.717, 1.165) is 9.13 Å². The van der Waals surface area contributed by atoms with Crippen molar-refractivity contribution in [2.24, 2.45) is 5.73 Å². The SMILES string of the molecule is NCc1ccc(S(=O)(=O)Nc2ccc(I)cc2Cl)nc1. The third-order valence-corrected chi connectivity index (χ3v) is 4.75. The molecule has 20 heavy (non-hydrogen) atoms. The van der Waals surface area contributed by atoms with Crippen LogP contribution >= 0.6 is 34.2 Å². The fourth-order valence-electron chi connectivity index (χ4n) is 1.46. The van der Waals surface area contributed by atoms with E-state index in [9.17, 15) is 8.42 Å². The van der Waals surface area contributed by atoms with Gasteiger partial charge in [0.15, 0.2) is 5.03 Å². The van der Waals surface area contributed by atoms with Gasteiger partial charge in [0.05, 0.1) is 10.7 Å². The van der Waals surface area contributed by atoms with Crippen LogP contribution < -0.4 is 10.5 Å². The number of aromatic nitrogens is 1. The van der Waals surface area contributed by atoms with Crippen LogP contribution in [0, 0.1) is 3.57 Å². The van der Waals surface area contributed by atoms with Crippen LogP contribution in [0.25, 0.3) is 0 Å². The van der Waals surface area contributed by atoms with E-state index in [-0.39, 0.29) is 5.03 Å². The van der Waals surface area contributed by atoms with Crippen LogP contribution in [0.15, 0.2) is 41.6 Å². The summed E-state index contributed by atoms with van der Waals surface area (Å²) in [5.74, 6) is 0. The number of rotatable bonds is 4. The second kappa shape index (κ2) is 6.25. The molecule has 0 saturated carbocycles. The van der Waals surface area contributed by atoms with Gasteiger partial charge in [0, 0.05) is 16.3 Å². The molecule has 0 aliphatic heterocycles. The zero-order valence-electron chi connectivity index (χ0n) is 10.2. The normalized spacial score (nSPS) is 11.3. The van der Waals surface area contributed by atoms with E-state index in [4.69, 9.17) is 17.3 Å². The number of hydrogen-bond acceptors (Lipinski definition) is 4. The molecule has 8 heteroatoms. The van der Waals surface area contributed by atoms with Crippen LogP contribution in [0.2, 0.25) is 5.02 Å². The highest BCUT2D eigenvalue weighted by molar-refractivity contribution is 14.1. The molecule has 0 unspecified atom stereocenters. The number of hydrogen-bond donors (Lipinski definition) is 2. The minimum Gasteiger partial charge on any atom is -0.326 e. The first-order valence-corrected chi connectivity index (χ1v) is 8.49. The van der Waals surface area contributed by atoms with Gasteiger partial charge in [-0.25, -0.2) is 4.98 Å². The van der Waals surface area contributed by atoms with Gasteiger partial charge in [0.2, 0.25) is 0 Å². The van der Waals surface area contributed by atoms with Crippen molar-refractivity contribution in [2.75, 3.05) is 4.72 Å². The molecule has 0 fully saturated rings. The molecule has 0 aliphatic rings. The number of nitrogens with zero attached hydrogens (tertiary/aromatic N) is 1. The van der Waals surface area contributed by atoms with Crippen LogP contribution in [0.1, 0.15) is 5.56 Å². The first-order chi connectivity index (χ1) is 9.42. The topological polar surface area (TPSA) is 85.1 Å². The molecule has 0 atom stereocenters.